The van der Waals surface area contributed by atoms with E-state index in [9.17, 15) is 8.78 Å². The van der Waals surface area contributed by atoms with Gasteiger partial charge in [-0.05, 0) is 35.9 Å². The van der Waals surface area contributed by atoms with E-state index in [1.165, 1.54) is 12.1 Å². The van der Waals surface area contributed by atoms with Gasteiger partial charge in [-0.15, -0.1) is 0 Å². The number of nitrogens with two attached hydrogens (primary N) is 1. The lowest BCUT2D eigenvalue weighted by molar-refractivity contribution is 0.0809. The van der Waals surface area contributed by atoms with E-state index in [0.29, 0.717) is 17.3 Å². The molecule has 0 fully saturated rings. The maximum absolute atomic E-state index is 14.4. The van der Waals surface area contributed by atoms with Crippen molar-refractivity contribution in [2.75, 3.05) is 25.2 Å². The molecular weight excluding hydrogens is 428 g/mol. The van der Waals surface area contributed by atoms with E-state index in [1.54, 1.807) is 12.1 Å². The Kier molecular flexibility index (Phi) is 5.79. The summed E-state index contributed by atoms with van der Waals surface area (Å²) in [6, 6.07) is 9.95. The fourth-order valence-corrected chi connectivity index (χ4v) is 3.54. The number of nitrogens with zero attached hydrogens (tertiary/aromatic N) is 1. The number of rotatable bonds is 5. The Labute approximate surface area is 163 Å². The van der Waals surface area contributed by atoms with Crippen LogP contribution >= 0.6 is 27.5 Å². The Morgan fingerprint density at radius 2 is 2.12 bits per heavy atom. The van der Waals surface area contributed by atoms with Gasteiger partial charge in [0.1, 0.15) is 30.5 Å². The largest absolute Gasteiger partial charge is 0.385 e. The molecule has 3 rings (SSSR count). The quantitative estimate of drug-likeness (QED) is 0.718. The number of ether oxygens (including phenoxy) is 1. The molecule has 2 aromatic carbocycles. The van der Waals surface area contributed by atoms with Gasteiger partial charge in [0.15, 0.2) is 0 Å². The molecule has 138 valence electrons. The maximum atomic E-state index is 14.4. The second-order valence-electron chi connectivity index (χ2n) is 6.05. The smallest absolute Gasteiger partial charge is 0.142 e. The van der Waals surface area contributed by atoms with Crippen molar-refractivity contribution in [2.24, 2.45) is 10.7 Å². The number of anilines is 1. The summed E-state index contributed by atoms with van der Waals surface area (Å²) in [5.41, 5.74) is 5.82. The van der Waals surface area contributed by atoms with Crippen molar-refractivity contribution < 1.29 is 13.5 Å². The molecule has 0 radical (unpaired) electrons. The minimum absolute atomic E-state index is 0.0664. The second kappa shape index (κ2) is 7.90. The van der Waals surface area contributed by atoms with E-state index in [0.717, 1.165) is 10.0 Å². The van der Waals surface area contributed by atoms with Crippen LogP contribution in [-0.2, 0) is 16.8 Å². The van der Waals surface area contributed by atoms with Gasteiger partial charge in [-0.3, -0.25) is 4.99 Å². The van der Waals surface area contributed by atoms with Crippen LogP contribution in [-0.4, -0.2) is 25.7 Å². The highest BCUT2D eigenvalue weighted by atomic mass is 79.9. The first-order valence-corrected chi connectivity index (χ1v) is 9.06. The van der Waals surface area contributed by atoms with Crippen LogP contribution in [0.4, 0.5) is 14.5 Å². The minimum Gasteiger partial charge on any atom is -0.385 e. The fourth-order valence-electron chi connectivity index (χ4n) is 2.80. The highest BCUT2D eigenvalue weighted by Crippen LogP contribution is 2.33. The standard InChI is InChI=1S/C18H17BrClF2N3O/c19-12-2-1-11(15(20)5-12)7-24-13-3-4-16(22)14(6-13)18(9-21)10-26-8-17(23)25-18/h1-6,24H,7-10H2,(H2,23,25). The first-order valence-electron chi connectivity index (χ1n) is 7.89. The Hall–Kier alpha value is -1.70. The monoisotopic (exact) mass is 443 g/mol. The highest BCUT2D eigenvalue weighted by Gasteiger charge is 2.38. The van der Waals surface area contributed by atoms with Crippen molar-refractivity contribution in [1.29, 1.82) is 0 Å². The molecule has 8 heteroatoms. The second-order valence-corrected chi connectivity index (χ2v) is 7.37. The molecule has 0 saturated heterocycles. The van der Waals surface area contributed by atoms with Crippen LogP contribution in [0.2, 0.25) is 5.02 Å². The summed E-state index contributed by atoms with van der Waals surface area (Å²) in [5, 5.41) is 3.78. The summed E-state index contributed by atoms with van der Waals surface area (Å²) in [6.07, 6.45) is 0. The van der Waals surface area contributed by atoms with Crippen LogP contribution in [0.15, 0.2) is 45.9 Å². The Morgan fingerprint density at radius 1 is 1.31 bits per heavy atom. The van der Waals surface area contributed by atoms with Crippen molar-refractivity contribution in [2.45, 2.75) is 12.1 Å². The molecule has 0 aliphatic carbocycles. The third-order valence-electron chi connectivity index (χ3n) is 4.14. The molecule has 1 heterocycles. The predicted octanol–water partition coefficient (Wildman–Crippen LogP) is 4.41. The van der Waals surface area contributed by atoms with E-state index in [4.69, 9.17) is 22.1 Å². The molecule has 26 heavy (non-hydrogen) atoms. The van der Waals surface area contributed by atoms with Gasteiger partial charge in [0, 0.05) is 27.3 Å². The van der Waals surface area contributed by atoms with Crippen LogP contribution in [0.25, 0.3) is 0 Å². The number of halogens is 4. The Bertz CT molecular complexity index is 849. The van der Waals surface area contributed by atoms with Crippen molar-refractivity contribution in [3.8, 4) is 0 Å². The third kappa shape index (κ3) is 4.00. The van der Waals surface area contributed by atoms with Crippen molar-refractivity contribution in [3.05, 3.63) is 62.8 Å². The molecule has 3 N–H and O–H groups in total. The molecular formula is C18H17BrClF2N3O. The lowest BCUT2D eigenvalue weighted by atomic mass is 9.91. The van der Waals surface area contributed by atoms with Gasteiger partial charge in [0.05, 0.1) is 6.61 Å². The maximum Gasteiger partial charge on any atom is 0.142 e. The molecule has 0 bridgehead atoms. The number of alkyl halides is 1. The molecule has 1 unspecified atom stereocenters. The number of amidine groups is 1. The van der Waals surface area contributed by atoms with Crippen LogP contribution in [0.1, 0.15) is 11.1 Å². The van der Waals surface area contributed by atoms with Crippen LogP contribution in [0.3, 0.4) is 0 Å². The van der Waals surface area contributed by atoms with E-state index >= 15 is 0 Å². The van der Waals surface area contributed by atoms with Gasteiger partial charge in [-0.25, -0.2) is 8.78 Å². The normalized spacial score (nSPS) is 19.9. The molecule has 1 atom stereocenters. The summed E-state index contributed by atoms with van der Waals surface area (Å²) in [4.78, 5) is 4.15. The molecule has 2 aromatic rings. The summed E-state index contributed by atoms with van der Waals surface area (Å²) >= 11 is 9.56. The Morgan fingerprint density at radius 3 is 2.81 bits per heavy atom. The average Bonchev–Trinajstić information content (AvgIpc) is 2.62. The molecule has 0 amide bonds. The SMILES string of the molecule is NC1=NC(CF)(c2cc(NCc3ccc(Br)cc3Cl)ccc2F)COC1. The zero-order chi connectivity index (χ0) is 18.7. The van der Waals surface area contributed by atoms with Crippen molar-refractivity contribution >= 4 is 39.1 Å². The first-order chi connectivity index (χ1) is 12.4. The lowest BCUT2D eigenvalue weighted by Gasteiger charge is -2.31. The number of benzene rings is 2. The number of aliphatic imine (C=N–C) groups is 1. The van der Waals surface area contributed by atoms with Crippen LogP contribution < -0.4 is 11.1 Å². The third-order valence-corrected chi connectivity index (χ3v) is 4.98. The molecule has 0 spiro atoms. The molecule has 4 nitrogen and oxygen atoms in total. The average molecular weight is 445 g/mol. The van der Waals surface area contributed by atoms with Gasteiger partial charge < -0.3 is 15.8 Å². The number of nitrogens with one attached hydrogen (secondary N) is 1. The van der Waals surface area contributed by atoms with Crippen molar-refractivity contribution in [3.63, 3.8) is 0 Å². The molecule has 0 saturated carbocycles. The summed E-state index contributed by atoms with van der Waals surface area (Å²) < 4.78 is 34.4. The van der Waals surface area contributed by atoms with Crippen LogP contribution in [0, 0.1) is 5.82 Å². The number of hydrogen-bond donors (Lipinski definition) is 2. The van der Waals surface area contributed by atoms with Crippen LogP contribution in [0.5, 0.6) is 0 Å². The van der Waals surface area contributed by atoms with Gasteiger partial charge in [-0.2, -0.15) is 0 Å². The number of hydrogen-bond acceptors (Lipinski definition) is 4. The van der Waals surface area contributed by atoms with E-state index < -0.39 is 18.0 Å². The van der Waals surface area contributed by atoms with E-state index in [-0.39, 0.29) is 24.6 Å². The molecule has 0 aromatic heterocycles. The minimum atomic E-state index is -1.46. The zero-order valence-corrected chi connectivity index (χ0v) is 16.1. The first kappa shape index (κ1) is 19.1. The Balaban J connectivity index is 1.87. The summed E-state index contributed by atoms with van der Waals surface area (Å²) in [6.45, 7) is -0.430. The summed E-state index contributed by atoms with van der Waals surface area (Å²) in [7, 11) is 0. The topological polar surface area (TPSA) is 59.6 Å². The van der Waals surface area contributed by atoms with Crippen molar-refractivity contribution in [1.82, 2.24) is 0 Å². The van der Waals surface area contributed by atoms with Gasteiger partial charge >= 0.3 is 0 Å². The zero-order valence-electron chi connectivity index (χ0n) is 13.7. The van der Waals surface area contributed by atoms with E-state index in [2.05, 4.69) is 26.2 Å². The van der Waals surface area contributed by atoms with E-state index in [1.807, 2.05) is 12.1 Å². The predicted molar refractivity (Wildman–Crippen MR) is 103 cm³/mol. The lowest BCUT2D eigenvalue weighted by Crippen LogP contribution is -2.42. The molecule has 1 aliphatic heterocycles. The highest BCUT2D eigenvalue weighted by molar-refractivity contribution is 9.10. The van der Waals surface area contributed by atoms with Gasteiger partial charge in [0.25, 0.3) is 0 Å². The fraction of sp³-hybridized carbons (Fsp3) is 0.278. The summed E-state index contributed by atoms with van der Waals surface area (Å²) in [5.74, 6) is -0.412. The molecule has 1 aliphatic rings. The van der Waals surface area contributed by atoms with Gasteiger partial charge in [-0.1, -0.05) is 33.6 Å². The van der Waals surface area contributed by atoms with Gasteiger partial charge in [0.2, 0.25) is 0 Å².